The zero-order valence-electron chi connectivity index (χ0n) is 9.48. The van der Waals surface area contributed by atoms with Crippen molar-refractivity contribution in [1.82, 2.24) is 0 Å². The Morgan fingerprint density at radius 3 is 1.94 bits per heavy atom. The van der Waals surface area contributed by atoms with Crippen LogP contribution in [0.25, 0.3) is 0 Å². The summed E-state index contributed by atoms with van der Waals surface area (Å²) in [5.74, 6) is 0. The predicted octanol–water partition coefficient (Wildman–Crippen LogP) is -0.273. The van der Waals surface area contributed by atoms with Crippen LogP contribution in [0.3, 0.4) is 0 Å². The zero-order valence-corrected chi connectivity index (χ0v) is 11.2. The Kier molecular flexibility index (Phi) is 5.61. The molecule has 0 radical (unpaired) electrons. The maximum atomic E-state index is 8.70. The summed E-state index contributed by atoms with van der Waals surface area (Å²) < 4.78 is 33.1. The molecule has 0 aliphatic carbocycles. The standard InChI is InChI=1S/C12H11N.H2O4Se/c1-2-4-11(5-3-1)10-12-6-8-13-9-7-12;1-5(2,3)4/h1-9H,10H2;(H2,1,2,3,4). The van der Waals surface area contributed by atoms with E-state index < -0.39 is 13.4 Å². The maximum absolute atomic E-state index is 8.70. The van der Waals surface area contributed by atoms with Crippen LogP contribution < -0.4 is 9.17 Å². The number of H-pyrrole nitrogens is 1. The molecule has 1 heterocycles. The molecule has 2 N–H and O–H groups in total. The molecule has 1 aromatic heterocycles. The number of aromatic nitrogens is 1. The first-order valence-corrected chi connectivity index (χ1v) is 7.99. The molecule has 0 unspecified atom stereocenters. The third-order valence-corrected chi connectivity index (χ3v) is 2.04. The zero-order chi connectivity index (χ0) is 13.4. The topological polar surface area (TPSA) is 91.6 Å². The molecule has 0 aliphatic heterocycles. The number of hydrogen-bond acceptors (Lipinski definition) is 3. The summed E-state index contributed by atoms with van der Waals surface area (Å²) in [5, 5.41) is 0. The number of rotatable bonds is 2. The first-order valence-electron chi connectivity index (χ1n) is 5.12. The van der Waals surface area contributed by atoms with Crippen molar-refractivity contribution >= 4 is 13.4 Å². The van der Waals surface area contributed by atoms with Crippen LogP contribution in [0.5, 0.6) is 0 Å². The Bertz CT molecular complexity index is 510. The molecule has 2 rings (SSSR count). The molecule has 0 spiro atoms. The largest absolute Gasteiger partial charge is 0.218 e. The van der Waals surface area contributed by atoms with Crippen molar-refractivity contribution < 1.29 is 21.0 Å². The molecule has 5 nitrogen and oxygen atoms in total. The van der Waals surface area contributed by atoms with Gasteiger partial charge >= 0.3 is 29.4 Å². The third-order valence-electron chi connectivity index (χ3n) is 2.04. The normalized spacial score (nSPS) is 10.3. The van der Waals surface area contributed by atoms with Crippen molar-refractivity contribution in [3.63, 3.8) is 0 Å². The first kappa shape index (κ1) is 14.5. The van der Waals surface area contributed by atoms with Crippen LogP contribution in [-0.2, 0) is 14.1 Å². The van der Waals surface area contributed by atoms with E-state index in [0.717, 1.165) is 6.42 Å². The van der Waals surface area contributed by atoms with Crippen molar-refractivity contribution in [1.29, 1.82) is 0 Å². The van der Waals surface area contributed by atoms with E-state index in [0.29, 0.717) is 0 Å². The van der Waals surface area contributed by atoms with E-state index in [1.165, 1.54) is 11.1 Å². The summed E-state index contributed by atoms with van der Waals surface area (Å²) >= 11 is -5.50. The molecule has 0 saturated heterocycles. The number of nitrogens with one attached hydrogen (secondary N) is 1. The molecular weight excluding hydrogens is 301 g/mol. The van der Waals surface area contributed by atoms with Crippen molar-refractivity contribution in [3.05, 3.63) is 66.0 Å². The van der Waals surface area contributed by atoms with E-state index >= 15 is 0 Å². The predicted molar refractivity (Wildman–Crippen MR) is 61.6 cm³/mol. The van der Waals surface area contributed by atoms with Gasteiger partial charge in [-0.3, -0.25) is 0 Å². The van der Waals surface area contributed by atoms with Crippen molar-refractivity contribution in [2.45, 2.75) is 6.42 Å². The van der Waals surface area contributed by atoms with Gasteiger partial charge in [0.25, 0.3) is 0 Å². The average molecular weight is 314 g/mol. The van der Waals surface area contributed by atoms with Gasteiger partial charge in [-0.1, -0.05) is 30.3 Å². The van der Waals surface area contributed by atoms with E-state index in [1.54, 1.807) is 0 Å². The minimum absolute atomic E-state index is 1.01. The molecule has 96 valence electrons. The van der Waals surface area contributed by atoms with Crippen LogP contribution in [0.1, 0.15) is 11.1 Å². The van der Waals surface area contributed by atoms with E-state index in [4.69, 9.17) is 16.0 Å². The van der Waals surface area contributed by atoms with Crippen LogP contribution in [0.15, 0.2) is 54.9 Å². The van der Waals surface area contributed by atoms with Gasteiger partial charge in [-0.2, -0.15) is 0 Å². The molecule has 6 heteroatoms. The summed E-state index contributed by atoms with van der Waals surface area (Å²) in [7, 11) is 0. The van der Waals surface area contributed by atoms with Crippen LogP contribution in [0.4, 0.5) is 0 Å². The Morgan fingerprint density at radius 1 is 1.00 bits per heavy atom. The second-order valence-electron chi connectivity index (χ2n) is 3.50. The molecule has 0 fully saturated rings. The number of benzene rings is 1. The minimum atomic E-state index is -5.50. The van der Waals surface area contributed by atoms with Gasteiger partial charge in [0, 0.05) is 12.1 Å². The molecule has 0 amide bonds. The molecule has 2 aromatic rings. The van der Waals surface area contributed by atoms with Gasteiger partial charge in [-0.25, -0.2) is 4.98 Å². The van der Waals surface area contributed by atoms with Gasteiger partial charge in [0.1, 0.15) is 0 Å². The fourth-order valence-corrected chi connectivity index (χ4v) is 1.37. The monoisotopic (exact) mass is 315 g/mol. The Labute approximate surface area is 107 Å². The third kappa shape index (κ3) is 7.65. The quantitative estimate of drug-likeness (QED) is 0.772. The van der Waals surface area contributed by atoms with Gasteiger partial charge in [0.15, 0.2) is 12.4 Å². The summed E-state index contributed by atoms with van der Waals surface area (Å²) in [6.45, 7) is 0. The van der Waals surface area contributed by atoms with Crippen molar-refractivity contribution in [2.24, 2.45) is 0 Å². The van der Waals surface area contributed by atoms with E-state index in [-0.39, 0.29) is 0 Å². The summed E-state index contributed by atoms with van der Waals surface area (Å²) in [5.41, 5.74) is 2.69. The SMILES string of the molecule is O=[Se](=O)([O-])O.c1ccc(Cc2cc[nH+]cc2)cc1. The van der Waals surface area contributed by atoms with Gasteiger partial charge in [-0.15, -0.1) is 0 Å². The second kappa shape index (κ2) is 6.98. The fraction of sp³-hybridized carbons (Fsp3) is 0.0833. The molecule has 0 saturated carbocycles. The second-order valence-corrected chi connectivity index (χ2v) is 5.29. The molecule has 1 aromatic carbocycles. The molecule has 18 heavy (non-hydrogen) atoms. The Hall–Kier alpha value is -1.59. The molecule has 0 bridgehead atoms. The fourth-order valence-electron chi connectivity index (χ4n) is 1.37. The Balaban J connectivity index is 0.000000280. The average Bonchev–Trinajstić information content (AvgIpc) is 2.29. The first-order chi connectivity index (χ1) is 8.45. The van der Waals surface area contributed by atoms with Crippen LogP contribution in [-0.4, -0.2) is 17.6 Å². The summed E-state index contributed by atoms with van der Waals surface area (Å²) in [6, 6.07) is 14.7. The van der Waals surface area contributed by atoms with Crippen LogP contribution in [0, 0.1) is 0 Å². The van der Waals surface area contributed by atoms with E-state index in [2.05, 4.69) is 41.4 Å². The summed E-state index contributed by atoms with van der Waals surface area (Å²) in [4.78, 5) is 3.02. The minimum Gasteiger partial charge on any atom is -0.218 e. The van der Waals surface area contributed by atoms with Gasteiger partial charge in [-0.05, 0) is 17.5 Å². The van der Waals surface area contributed by atoms with Gasteiger partial charge in [0.2, 0.25) is 0 Å². The number of aromatic amines is 1. The van der Waals surface area contributed by atoms with Gasteiger partial charge < -0.3 is 0 Å². The van der Waals surface area contributed by atoms with Gasteiger partial charge in [0.05, 0.1) is 0 Å². The maximum Gasteiger partial charge on any atom is 0.167 e. The van der Waals surface area contributed by atoms with Crippen molar-refractivity contribution in [3.8, 4) is 0 Å². The molecule has 0 aliphatic rings. The van der Waals surface area contributed by atoms with Crippen molar-refractivity contribution in [2.75, 3.05) is 0 Å². The van der Waals surface area contributed by atoms with Crippen LogP contribution >= 0.6 is 0 Å². The summed E-state index contributed by atoms with van der Waals surface area (Å²) in [6.07, 6.45) is 4.92. The molecule has 0 atom stereocenters. The number of pyridine rings is 1. The van der Waals surface area contributed by atoms with E-state index in [1.807, 2.05) is 18.5 Å². The Morgan fingerprint density at radius 2 is 1.44 bits per heavy atom. The van der Waals surface area contributed by atoms with Crippen LogP contribution in [0.2, 0.25) is 0 Å². The molecular formula is C12H13NO4Se. The smallest absolute Gasteiger partial charge is 0.167 e. The van der Waals surface area contributed by atoms with E-state index in [9.17, 15) is 0 Å². The number of hydrogen-bond donors (Lipinski definition) is 1.